The third kappa shape index (κ3) is 3.30. The van der Waals surface area contributed by atoms with Gasteiger partial charge in [0.05, 0.1) is 5.56 Å². The molecule has 0 saturated carbocycles. The Bertz CT molecular complexity index is 427. The van der Waals surface area contributed by atoms with Crippen molar-refractivity contribution >= 4 is 17.6 Å². The molecule has 78 valence electrons. The number of aromatic carboxylic acids is 1. The fourth-order valence-electron chi connectivity index (χ4n) is 1.15. The molecular formula is C12H11ClO2. The van der Waals surface area contributed by atoms with E-state index in [0.717, 1.165) is 5.56 Å². The summed E-state index contributed by atoms with van der Waals surface area (Å²) in [6.45, 7) is 1.90. The molecule has 0 atom stereocenters. The zero-order valence-electron chi connectivity index (χ0n) is 8.38. The number of carboxylic acid groups (broad SMARTS) is 1. The second-order valence-electron chi connectivity index (χ2n) is 3.09. The summed E-state index contributed by atoms with van der Waals surface area (Å²) in [6, 6.07) is 5.10. The fourth-order valence-corrected chi connectivity index (χ4v) is 1.25. The molecule has 0 spiro atoms. The molecule has 0 fully saturated rings. The topological polar surface area (TPSA) is 37.3 Å². The first-order valence-electron chi connectivity index (χ1n) is 4.54. The molecule has 0 aliphatic carbocycles. The van der Waals surface area contributed by atoms with Crippen LogP contribution in [0.3, 0.4) is 0 Å². The van der Waals surface area contributed by atoms with Gasteiger partial charge in [-0.05, 0) is 24.6 Å². The number of benzene rings is 1. The second-order valence-corrected chi connectivity index (χ2v) is 3.47. The van der Waals surface area contributed by atoms with Crippen LogP contribution >= 0.6 is 11.6 Å². The lowest BCUT2D eigenvalue weighted by atomic mass is 10.0. The predicted octanol–water partition coefficient (Wildman–Crippen LogP) is 2.67. The quantitative estimate of drug-likeness (QED) is 0.617. The van der Waals surface area contributed by atoms with Gasteiger partial charge in [0.15, 0.2) is 0 Å². The number of carboxylic acids is 1. The lowest BCUT2D eigenvalue weighted by Gasteiger charge is -2.00. The molecule has 3 heteroatoms. The van der Waals surface area contributed by atoms with Crippen molar-refractivity contribution in [1.82, 2.24) is 0 Å². The van der Waals surface area contributed by atoms with Gasteiger partial charge in [-0.1, -0.05) is 17.9 Å². The van der Waals surface area contributed by atoms with Crippen molar-refractivity contribution in [2.24, 2.45) is 0 Å². The van der Waals surface area contributed by atoms with E-state index < -0.39 is 5.97 Å². The molecule has 0 amide bonds. The molecule has 0 aliphatic rings. The average molecular weight is 223 g/mol. The highest BCUT2D eigenvalue weighted by molar-refractivity contribution is 6.18. The van der Waals surface area contributed by atoms with E-state index in [4.69, 9.17) is 16.7 Å². The van der Waals surface area contributed by atoms with Crippen LogP contribution in [0.5, 0.6) is 0 Å². The maximum Gasteiger partial charge on any atom is 0.336 e. The zero-order valence-corrected chi connectivity index (χ0v) is 9.14. The van der Waals surface area contributed by atoms with Gasteiger partial charge in [-0.3, -0.25) is 0 Å². The van der Waals surface area contributed by atoms with E-state index in [9.17, 15) is 4.79 Å². The lowest BCUT2D eigenvalue weighted by molar-refractivity contribution is 0.0696. The highest BCUT2D eigenvalue weighted by Gasteiger charge is 2.07. The van der Waals surface area contributed by atoms with E-state index in [1.54, 1.807) is 18.2 Å². The number of rotatable bonds is 2. The third-order valence-corrected chi connectivity index (χ3v) is 2.04. The molecular weight excluding hydrogens is 212 g/mol. The van der Waals surface area contributed by atoms with Gasteiger partial charge in [-0.15, -0.1) is 11.6 Å². The average Bonchev–Trinajstić information content (AvgIpc) is 2.18. The van der Waals surface area contributed by atoms with Crippen LogP contribution in [0.25, 0.3) is 0 Å². The third-order valence-electron chi connectivity index (χ3n) is 1.85. The highest BCUT2D eigenvalue weighted by Crippen LogP contribution is 2.10. The minimum Gasteiger partial charge on any atom is -0.478 e. The Labute approximate surface area is 93.9 Å². The Morgan fingerprint density at radius 3 is 2.87 bits per heavy atom. The number of hydrogen-bond acceptors (Lipinski definition) is 1. The molecule has 15 heavy (non-hydrogen) atoms. The maximum atomic E-state index is 10.9. The van der Waals surface area contributed by atoms with Gasteiger partial charge in [0.1, 0.15) is 0 Å². The zero-order chi connectivity index (χ0) is 11.3. The van der Waals surface area contributed by atoms with Crippen LogP contribution in [0, 0.1) is 18.8 Å². The van der Waals surface area contributed by atoms with Crippen molar-refractivity contribution in [2.75, 3.05) is 5.88 Å². The second kappa shape index (κ2) is 5.43. The van der Waals surface area contributed by atoms with Gasteiger partial charge in [-0.25, -0.2) is 4.79 Å². The van der Waals surface area contributed by atoms with E-state index in [1.165, 1.54) is 0 Å². The minimum absolute atomic E-state index is 0.239. The number of carbonyl (C=O) groups is 1. The molecule has 0 heterocycles. The molecule has 0 aromatic heterocycles. The van der Waals surface area contributed by atoms with Crippen LogP contribution in [-0.2, 0) is 0 Å². The van der Waals surface area contributed by atoms with Crippen LogP contribution in [0.4, 0.5) is 0 Å². The van der Waals surface area contributed by atoms with Gasteiger partial charge >= 0.3 is 5.97 Å². The first kappa shape index (κ1) is 11.6. The van der Waals surface area contributed by atoms with Crippen molar-refractivity contribution in [3.63, 3.8) is 0 Å². The SMILES string of the molecule is Cc1ccc(C(=O)O)c(C#CCCCl)c1. The standard InChI is InChI=1S/C12H11ClO2/c1-9-5-6-11(12(14)15)10(8-9)4-2-3-7-13/h5-6,8H,3,7H2,1H3,(H,14,15). The molecule has 0 unspecified atom stereocenters. The van der Waals surface area contributed by atoms with Crippen LogP contribution in [0.15, 0.2) is 18.2 Å². The Morgan fingerprint density at radius 1 is 1.53 bits per heavy atom. The van der Waals surface area contributed by atoms with E-state index >= 15 is 0 Å². The van der Waals surface area contributed by atoms with Crippen molar-refractivity contribution in [2.45, 2.75) is 13.3 Å². The molecule has 2 nitrogen and oxygen atoms in total. The molecule has 0 bridgehead atoms. The highest BCUT2D eigenvalue weighted by atomic mass is 35.5. The summed E-state index contributed by atoms with van der Waals surface area (Å²) in [7, 11) is 0. The van der Waals surface area contributed by atoms with Crippen molar-refractivity contribution in [1.29, 1.82) is 0 Å². The first-order valence-corrected chi connectivity index (χ1v) is 5.07. The lowest BCUT2D eigenvalue weighted by Crippen LogP contribution is -2.00. The monoisotopic (exact) mass is 222 g/mol. The molecule has 0 aliphatic heterocycles. The Kier molecular flexibility index (Phi) is 4.20. The summed E-state index contributed by atoms with van der Waals surface area (Å²) in [5.41, 5.74) is 1.78. The summed E-state index contributed by atoms with van der Waals surface area (Å²) in [5, 5.41) is 8.92. The van der Waals surface area contributed by atoms with E-state index in [-0.39, 0.29) is 5.56 Å². The summed E-state index contributed by atoms with van der Waals surface area (Å²) >= 11 is 5.48. The fraction of sp³-hybridized carbons (Fsp3) is 0.250. The number of aryl methyl sites for hydroxylation is 1. The maximum absolute atomic E-state index is 10.9. The molecule has 1 rings (SSSR count). The predicted molar refractivity (Wildman–Crippen MR) is 60.4 cm³/mol. The van der Waals surface area contributed by atoms with Gasteiger partial charge < -0.3 is 5.11 Å². The minimum atomic E-state index is -0.954. The van der Waals surface area contributed by atoms with Crippen molar-refractivity contribution in [3.05, 3.63) is 34.9 Å². The van der Waals surface area contributed by atoms with Crippen LogP contribution in [0.2, 0.25) is 0 Å². The van der Waals surface area contributed by atoms with E-state index in [0.29, 0.717) is 17.9 Å². The normalized spacial score (nSPS) is 9.20. The Morgan fingerprint density at radius 2 is 2.27 bits per heavy atom. The van der Waals surface area contributed by atoms with Crippen LogP contribution in [0.1, 0.15) is 27.9 Å². The summed E-state index contributed by atoms with van der Waals surface area (Å²) in [6.07, 6.45) is 0.564. The number of halogens is 1. The number of hydrogen-bond donors (Lipinski definition) is 1. The van der Waals surface area contributed by atoms with Crippen LogP contribution < -0.4 is 0 Å². The Hall–Kier alpha value is -1.46. The van der Waals surface area contributed by atoms with Gasteiger partial charge in [0.2, 0.25) is 0 Å². The van der Waals surface area contributed by atoms with Gasteiger partial charge in [0, 0.05) is 17.9 Å². The molecule has 0 radical (unpaired) electrons. The number of alkyl halides is 1. The largest absolute Gasteiger partial charge is 0.478 e. The molecule has 1 N–H and O–H groups in total. The van der Waals surface area contributed by atoms with Gasteiger partial charge in [0.25, 0.3) is 0 Å². The summed E-state index contributed by atoms with van der Waals surface area (Å²) in [5.74, 6) is 5.16. The molecule has 0 saturated heterocycles. The smallest absolute Gasteiger partial charge is 0.336 e. The first-order chi connectivity index (χ1) is 7.15. The summed E-state index contributed by atoms with van der Waals surface area (Å²) < 4.78 is 0. The van der Waals surface area contributed by atoms with E-state index in [1.807, 2.05) is 6.92 Å². The van der Waals surface area contributed by atoms with Crippen molar-refractivity contribution < 1.29 is 9.90 Å². The summed E-state index contributed by atoms with van der Waals surface area (Å²) in [4.78, 5) is 10.9. The molecule has 1 aromatic rings. The van der Waals surface area contributed by atoms with Gasteiger partial charge in [-0.2, -0.15) is 0 Å². The van der Waals surface area contributed by atoms with Crippen LogP contribution in [-0.4, -0.2) is 17.0 Å². The van der Waals surface area contributed by atoms with E-state index in [2.05, 4.69) is 11.8 Å². The molecule has 1 aromatic carbocycles. The van der Waals surface area contributed by atoms with Crippen molar-refractivity contribution in [3.8, 4) is 11.8 Å². The Balaban J connectivity index is 3.09.